The largest absolute Gasteiger partial charge is 0.437 e. The summed E-state index contributed by atoms with van der Waals surface area (Å²) in [6, 6.07) is 10.6. The molecule has 1 unspecified atom stereocenters. The summed E-state index contributed by atoms with van der Waals surface area (Å²) in [6.45, 7) is 2.94. The molecule has 0 bridgehead atoms. The number of hydrogen-bond donors (Lipinski definition) is 2. The van der Waals surface area contributed by atoms with Crippen molar-refractivity contribution in [2.24, 2.45) is 0 Å². The number of nitrogens with zero attached hydrogens (tertiary/aromatic N) is 2. The molecule has 0 saturated carbocycles. The van der Waals surface area contributed by atoms with Crippen LogP contribution in [-0.2, 0) is 15.9 Å². The highest BCUT2D eigenvalue weighted by atomic mass is 79.9. The second-order valence-corrected chi connectivity index (χ2v) is 10.2. The SMILES string of the molecule is Cc1ccc(Oc2nnc(C(F)(F)F)c(C)c2C(=O)Nc2cccc(S(C)(=N)=O)c2)cc1Br. The van der Waals surface area contributed by atoms with Crippen molar-refractivity contribution in [2.45, 2.75) is 24.9 Å². The summed E-state index contributed by atoms with van der Waals surface area (Å²) in [7, 11) is -3.07. The molecule has 3 aromatic rings. The van der Waals surface area contributed by atoms with Gasteiger partial charge in [0.15, 0.2) is 5.69 Å². The first-order valence-corrected chi connectivity index (χ1v) is 12.1. The standard InChI is InChI=1S/C21H18BrF3N4O3S/c1-11-7-8-14(10-16(11)22)32-20-17(12(2)18(28-29-20)21(23,24)25)19(30)27-13-5-4-6-15(9-13)33(3,26)31/h4-10,26H,1-3H3,(H,27,30). The summed E-state index contributed by atoms with van der Waals surface area (Å²) in [6.07, 6.45) is -3.62. The predicted molar refractivity (Wildman–Crippen MR) is 120 cm³/mol. The molecule has 0 aliphatic rings. The van der Waals surface area contributed by atoms with E-state index in [1.165, 1.54) is 30.5 Å². The van der Waals surface area contributed by atoms with Crippen molar-refractivity contribution in [1.29, 1.82) is 4.78 Å². The zero-order valence-electron chi connectivity index (χ0n) is 17.6. The number of aromatic nitrogens is 2. The van der Waals surface area contributed by atoms with Gasteiger partial charge in [-0.05, 0) is 55.3 Å². The summed E-state index contributed by atoms with van der Waals surface area (Å²) in [5.41, 5.74) is -1.19. The molecule has 0 spiro atoms. The van der Waals surface area contributed by atoms with Gasteiger partial charge in [0.1, 0.15) is 11.3 Å². The molecule has 1 aromatic heterocycles. The van der Waals surface area contributed by atoms with E-state index in [0.717, 1.165) is 12.5 Å². The number of anilines is 1. The first-order chi connectivity index (χ1) is 15.3. The van der Waals surface area contributed by atoms with Crippen LogP contribution in [-0.4, -0.2) is 26.6 Å². The summed E-state index contributed by atoms with van der Waals surface area (Å²) in [5.74, 6) is -1.11. The number of amides is 1. The predicted octanol–water partition coefficient (Wildman–Crippen LogP) is 5.95. The lowest BCUT2D eigenvalue weighted by molar-refractivity contribution is -0.142. The van der Waals surface area contributed by atoms with E-state index in [4.69, 9.17) is 9.52 Å². The zero-order valence-corrected chi connectivity index (χ0v) is 20.0. The lowest BCUT2D eigenvalue weighted by Crippen LogP contribution is -2.21. The van der Waals surface area contributed by atoms with Crippen LogP contribution in [0.1, 0.15) is 27.2 Å². The smallest absolute Gasteiger partial charge is 0.435 e. The normalized spacial score (nSPS) is 13.3. The maximum Gasteiger partial charge on any atom is 0.435 e. The number of carbonyl (C=O) groups excluding carboxylic acids is 1. The zero-order chi connectivity index (χ0) is 24.6. The van der Waals surface area contributed by atoms with Crippen LogP contribution in [0, 0.1) is 18.6 Å². The molecule has 12 heteroatoms. The van der Waals surface area contributed by atoms with Crippen molar-refractivity contribution in [3.05, 3.63) is 69.3 Å². The first-order valence-electron chi connectivity index (χ1n) is 9.31. The van der Waals surface area contributed by atoms with Crippen molar-refractivity contribution < 1.29 is 26.9 Å². The van der Waals surface area contributed by atoms with Gasteiger partial charge in [-0.15, -0.1) is 10.2 Å². The van der Waals surface area contributed by atoms with E-state index >= 15 is 0 Å². The Balaban J connectivity index is 2.07. The molecule has 0 aliphatic carbocycles. The average molecular weight is 543 g/mol. The van der Waals surface area contributed by atoms with Gasteiger partial charge >= 0.3 is 6.18 Å². The van der Waals surface area contributed by atoms with E-state index in [1.54, 1.807) is 18.2 Å². The van der Waals surface area contributed by atoms with Gasteiger partial charge in [-0.3, -0.25) is 4.79 Å². The lowest BCUT2D eigenvalue weighted by atomic mass is 10.1. The van der Waals surface area contributed by atoms with Gasteiger partial charge in [0, 0.05) is 21.3 Å². The number of alkyl halides is 3. The van der Waals surface area contributed by atoms with Gasteiger partial charge < -0.3 is 10.1 Å². The number of ether oxygens (including phenoxy) is 1. The molecule has 1 atom stereocenters. The van der Waals surface area contributed by atoms with E-state index in [0.29, 0.717) is 4.47 Å². The molecule has 7 nitrogen and oxygen atoms in total. The van der Waals surface area contributed by atoms with E-state index in [9.17, 15) is 22.2 Å². The Kier molecular flexibility index (Phi) is 6.80. The van der Waals surface area contributed by atoms with Crippen LogP contribution in [0.15, 0.2) is 51.8 Å². The van der Waals surface area contributed by atoms with Crippen LogP contribution in [0.4, 0.5) is 18.9 Å². The monoisotopic (exact) mass is 542 g/mol. The van der Waals surface area contributed by atoms with Crippen LogP contribution in [0.3, 0.4) is 0 Å². The van der Waals surface area contributed by atoms with Crippen LogP contribution >= 0.6 is 15.9 Å². The van der Waals surface area contributed by atoms with Crippen molar-refractivity contribution in [3.8, 4) is 11.6 Å². The van der Waals surface area contributed by atoms with Crippen molar-refractivity contribution >= 4 is 37.3 Å². The van der Waals surface area contributed by atoms with Gasteiger partial charge in [0.25, 0.3) is 11.8 Å². The summed E-state index contributed by atoms with van der Waals surface area (Å²) in [4.78, 5) is 13.2. The van der Waals surface area contributed by atoms with Crippen molar-refractivity contribution in [2.75, 3.05) is 11.6 Å². The fraction of sp³-hybridized carbons (Fsp3) is 0.190. The fourth-order valence-corrected chi connectivity index (χ4v) is 3.91. The third-order valence-corrected chi connectivity index (χ3v) is 6.59. The van der Waals surface area contributed by atoms with E-state index < -0.39 is 44.5 Å². The van der Waals surface area contributed by atoms with E-state index in [1.807, 2.05) is 6.92 Å². The molecular formula is C21H18BrF3N4O3S. The van der Waals surface area contributed by atoms with Gasteiger partial charge in [-0.25, -0.2) is 8.99 Å². The molecule has 0 aliphatic heterocycles. The van der Waals surface area contributed by atoms with Gasteiger partial charge in [0.05, 0.1) is 9.73 Å². The topological polar surface area (TPSA) is 105 Å². The summed E-state index contributed by atoms with van der Waals surface area (Å²) < 4.78 is 66.3. The highest BCUT2D eigenvalue weighted by Gasteiger charge is 2.38. The lowest BCUT2D eigenvalue weighted by Gasteiger charge is -2.16. The number of nitrogens with one attached hydrogen (secondary N) is 2. The Labute approximate surface area is 196 Å². The van der Waals surface area contributed by atoms with E-state index in [2.05, 4.69) is 31.4 Å². The molecular weight excluding hydrogens is 525 g/mol. The molecule has 2 aromatic carbocycles. The van der Waals surface area contributed by atoms with Gasteiger partial charge in [-0.2, -0.15) is 13.2 Å². The number of carbonyl (C=O) groups is 1. The number of benzene rings is 2. The fourth-order valence-electron chi connectivity index (χ4n) is 2.87. The molecule has 0 radical (unpaired) electrons. The second-order valence-electron chi connectivity index (χ2n) is 7.19. The average Bonchev–Trinajstić information content (AvgIpc) is 2.69. The molecule has 33 heavy (non-hydrogen) atoms. The highest BCUT2D eigenvalue weighted by molar-refractivity contribution is 9.10. The maximum absolute atomic E-state index is 13.4. The number of rotatable bonds is 5. The Morgan fingerprint density at radius 1 is 1.15 bits per heavy atom. The third kappa shape index (κ3) is 5.69. The molecule has 3 rings (SSSR count). The Bertz CT molecular complexity index is 1350. The Morgan fingerprint density at radius 2 is 1.85 bits per heavy atom. The molecule has 1 amide bonds. The summed E-state index contributed by atoms with van der Waals surface area (Å²) in [5, 5.41) is 9.22. The number of hydrogen-bond acceptors (Lipinski definition) is 6. The number of aryl methyl sites for hydroxylation is 1. The minimum Gasteiger partial charge on any atom is -0.437 e. The van der Waals surface area contributed by atoms with Gasteiger partial charge in [0.2, 0.25) is 0 Å². The van der Waals surface area contributed by atoms with Crippen LogP contribution in [0.5, 0.6) is 11.6 Å². The highest BCUT2D eigenvalue weighted by Crippen LogP contribution is 2.35. The molecule has 2 N–H and O–H groups in total. The van der Waals surface area contributed by atoms with Crippen molar-refractivity contribution in [3.63, 3.8) is 0 Å². The Hall–Kier alpha value is -2.99. The molecule has 174 valence electrons. The molecule has 0 fully saturated rings. The van der Waals surface area contributed by atoms with Gasteiger partial charge in [-0.1, -0.05) is 28.1 Å². The van der Waals surface area contributed by atoms with E-state index in [-0.39, 0.29) is 16.3 Å². The first kappa shape index (κ1) is 24.6. The quantitative estimate of drug-likeness (QED) is 0.414. The third-order valence-electron chi connectivity index (χ3n) is 4.58. The number of halogens is 4. The van der Waals surface area contributed by atoms with Crippen molar-refractivity contribution in [1.82, 2.24) is 10.2 Å². The van der Waals surface area contributed by atoms with Crippen LogP contribution in [0.2, 0.25) is 0 Å². The minimum absolute atomic E-state index is 0.146. The molecule has 0 saturated heterocycles. The minimum atomic E-state index is -4.84. The Morgan fingerprint density at radius 3 is 2.45 bits per heavy atom. The molecule has 1 heterocycles. The second kappa shape index (κ2) is 9.10. The van der Waals surface area contributed by atoms with Crippen LogP contribution in [0.25, 0.3) is 0 Å². The summed E-state index contributed by atoms with van der Waals surface area (Å²) >= 11 is 3.34. The van der Waals surface area contributed by atoms with Crippen LogP contribution < -0.4 is 10.1 Å². The maximum atomic E-state index is 13.4.